The van der Waals surface area contributed by atoms with Gasteiger partial charge in [0.25, 0.3) is 0 Å². The van der Waals surface area contributed by atoms with Crippen LogP contribution in [-0.2, 0) is 6.54 Å². The minimum absolute atomic E-state index is 0.174. The van der Waals surface area contributed by atoms with Gasteiger partial charge in [-0.3, -0.25) is 4.90 Å². The van der Waals surface area contributed by atoms with Crippen molar-refractivity contribution in [2.45, 2.75) is 39.3 Å². The summed E-state index contributed by atoms with van der Waals surface area (Å²) in [7, 11) is 0. The van der Waals surface area contributed by atoms with Gasteiger partial charge in [0.2, 0.25) is 5.95 Å². The molecule has 0 bridgehead atoms. The molecule has 0 radical (unpaired) electrons. The molecule has 0 saturated carbocycles. The fourth-order valence-corrected chi connectivity index (χ4v) is 4.00. The van der Waals surface area contributed by atoms with Crippen LogP contribution in [0.4, 0.5) is 11.8 Å². The van der Waals surface area contributed by atoms with Gasteiger partial charge in [0.15, 0.2) is 5.65 Å². The third kappa shape index (κ3) is 4.11. The van der Waals surface area contributed by atoms with Crippen LogP contribution in [0.1, 0.15) is 35.2 Å². The van der Waals surface area contributed by atoms with E-state index in [1.165, 1.54) is 6.07 Å². The number of hydrogen-bond donors (Lipinski definition) is 3. The fraction of sp³-hybridized carbons (Fsp3) is 0.364. The van der Waals surface area contributed by atoms with Gasteiger partial charge >= 0.3 is 0 Å². The Labute approximate surface area is 175 Å². The molecular formula is C22H25N7O. The van der Waals surface area contributed by atoms with Crippen molar-refractivity contribution in [1.29, 1.82) is 5.26 Å². The second kappa shape index (κ2) is 8.13. The van der Waals surface area contributed by atoms with Crippen molar-refractivity contribution in [2.75, 3.05) is 24.1 Å². The number of anilines is 2. The lowest BCUT2D eigenvalue weighted by Gasteiger charge is -2.32. The number of aromatic nitrogens is 3. The number of fused-ring (bicyclic) bond motifs is 1. The van der Waals surface area contributed by atoms with Gasteiger partial charge in [0.1, 0.15) is 11.6 Å². The fourth-order valence-electron chi connectivity index (χ4n) is 4.00. The first-order valence-electron chi connectivity index (χ1n) is 10.1. The maximum absolute atomic E-state index is 10.1. The molecule has 8 nitrogen and oxygen atoms in total. The van der Waals surface area contributed by atoms with Crippen LogP contribution in [0.3, 0.4) is 0 Å². The molecule has 0 aliphatic carbocycles. The number of pyridine rings is 1. The number of piperidine rings is 1. The number of nitrogens with zero attached hydrogens (tertiary/aromatic N) is 5. The van der Waals surface area contributed by atoms with Crippen LogP contribution in [0.5, 0.6) is 5.75 Å². The van der Waals surface area contributed by atoms with Gasteiger partial charge in [0.05, 0.1) is 17.0 Å². The van der Waals surface area contributed by atoms with E-state index >= 15 is 0 Å². The van der Waals surface area contributed by atoms with Crippen molar-refractivity contribution >= 4 is 22.8 Å². The second-order valence-electron chi connectivity index (χ2n) is 7.86. The molecular weight excluding hydrogens is 378 g/mol. The van der Waals surface area contributed by atoms with Crippen molar-refractivity contribution in [3.05, 3.63) is 46.6 Å². The molecule has 8 heteroatoms. The molecule has 3 heterocycles. The van der Waals surface area contributed by atoms with Crippen LogP contribution in [0, 0.1) is 25.2 Å². The van der Waals surface area contributed by atoms with Crippen molar-refractivity contribution in [2.24, 2.45) is 0 Å². The zero-order valence-electron chi connectivity index (χ0n) is 17.2. The third-order valence-electron chi connectivity index (χ3n) is 5.55. The Bertz CT molecular complexity index is 1130. The van der Waals surface area contributed by atoms with Crippen LogP contribution in [0.25, 0.3) is 11.0 Å². The minimum Gasteiger partial charge on any atom is -0.508 e. The molecule has 0 unspecified atom stereocenters. The highest BCUT2D eigenvalue weighted by Gasteiger charge is 2.21. The van der Waals surface area contributed by atoms with Gasteiger partial charge < -0.3 is 16.2 Å². The smallest absolute Gasteiger partial charge is 0.226 e. The standard InChI is InChI=1S/C22H25N7O/c1-13-9-14(2)25-21-19(13)20(24)27-22(28-21)26-17-5-7-29(8-6-17)12-16-4-3-15(11-23)10-18(16)30/h3-4,9-10,17,30H,5-8,12H2,1-2H3,(H3,24,25,26,27,28). The molecule has 154 valence electrons. The summed E-state index contributed by atoms with van der Waals surface area (Å²) in [5, 5.41) is 23.3. The van der Waals surface area contributed by atoms with E-state index in [1.54, 1.807) is 6.07 Å². The van der Waals surface area contributed by atoms with Crippen LogP contribution >= 0.6 is 0 Å². The Balaban J connectivity index is 1.40. The molecule has 4 rings (SSSR count). The first-order chi connectivity index (χ1) is 14.4. The number of nitrogen functional groups attached to an aromatic ring is 1. The Morgan fingerprint density at radius 1 is 1.20 bits per heavy atom. The highest BCUT2D eigenvalue weighted by molar-refractivity contribution is 5.89. The van der Waals surface area contributed by atoms with Gasteiger partial charge in [-0.15, -0.1) is 0 Å². The van der Waals surface area contributed by atoms with Gasteiger partial charge in [-0.1, -0.05) is 6.07 Å². The Kier molecular flexibility index (Phi) is 5.38. The molecule has 2 aromatic heterocycles. The number of benzene rings is 1. The number of aromatic hydroxyl groups is 1. The summed E-state index contributed by atoms with van der Waals surface area (Å²) in [4.78, 5) is 15.8. The Morgan fingerprint density at radius 2 is 1.97 bits per heavy atom. The van der Waals surface area contributed by atoms with E-state index in [-0.39, 0.29) is 11.8 Å². The van der Waals surface area contributed by atoms with E-state index in [1.807, 2.05) is 32.0 Å². The zero-order valence-corrected chi connectivity index (χ0v) is 17.2. The van der Waals surface area contributed by atoms with E-state index in [9.17, 15) is 5.11 Å². The Morgan fingerprint density at radius 3 is 2.67 bits per heavy atom. The lowest BCUT2D eigenvalue weighted by molar-refractivity contribution is 0.209. The summed E-state index contributed by atoms with van der Waals surface area (Å²) >= 11 is 0. The highest BCUT2D eigenvalue weighted by Crippen LogP contribution is 2.25. The monoisotopic (exact) mass is 403 g/mol. The number of hydrogen-bond acceptors (Lipinski definition) is 8. The van der Waals surface area contributed by atoms with E-state index in [0.717, 1.165) is 48.1 Å². The first kappa shape index (κ1) is 19.9. The molecule has 4 N–H and O–H groups in total. The molecule has 0 amide bonds. The van der Waals surface area contributed by atoms with Crippen molar-refractivity contribution < 1.29 is 5.11 Å². The third-order valence-corrected chi connectivity index (χ3v) is 5.55. The van der Waals surface area contributed by atoms with Crippen molar-refractivity contribution in [1.82, 2.24) is 19.9 Å². The van der Waals surface area contributed by atoms with Crippen LogP contribution in [0.15, 0.2) is 24.3 Å². The van der Waals surface area contributed by atoms with Crippen LogP contribution < -0.4 is 11.1 Å². The largest absolute Gasteiger partial charge is 0.508 e. The number of aryl methyl sites for hydroxylation is 2. The van der Waals surface area contributed by atoms with Gasteiger partial charge in [-0.2, -0.15) is 15.2 Å². The van der Waals surface area contributed by atoms with Gasteiger partial charge in [-0.25, -0.2) is 4.98 Å². The SMILES string of the molecule is Cc1cc(C)c2c(N)nc(NC3CCN(Cc4ccc(C#N)cc4O)CC3)nc2n1. The van der Waals surface area contributed by atoms with E-state index in [4.69, 9.17) is 11.0 Å². The van der Waals surface area contributed by atoms with E-state index in [2.05, 4.69) is 25.2 Å². The van der Waals surface area contributed by atoms with E-state index < -0.39 is 0 Å². The maximum Gasteiger partial charge on any atom is 0.226 e. The quantitative estimate of drug-likeness (QED) is 0.607. The van der Waals surface area contributed by atoms with Gasteiger partial charge in [-0.05, 0) is 50.5 Å². The molecule has 0 atom stereocenters. The van der Waals surface area contributed by atoms with Crippen LogP contribution in [0.2, 0.25) is 0 Å². The lowest BCUT2D eigenvalue weighted by atomic mass is 10.0. The van der Waals surface area contributed by atoms with Gasteiger partial charge in [0, 0.05) is 36.9 Å². The van der Waals surface area contributed by atoms with Crippen molar-refractivity contribution in [3.63, 3.8) is 0 Å². The number of likely N-dealkylation sites (tertiary alicyclic amines) is 1. The second-order valence-corrected chi connectivity index (χ2v) is 7.86. The highest BCUT2D eigenvalue weighted by atomic mass is 16.3. The summed E-state index contributed by atoms with van der Waals surface area (Å²) in [5.41, 5.74) is 10.0. The number of phenolic OH excluding ortho intramolecular Hbond substituents is 1. The molecule has 1 aromatic carbocycles. The number of nitrogens with two attached hydrogens (primary N) is 1. The number of phenols is 1. The Hall–Kier alpha value is -3.44. The predicted octanol–water partition coefficient (Wildman–Crippen LogP) is 2.88. The molecule has 0 spiro atoms. The number of nitriles is 1. The molecule has 3 aromatic rings. The summed E-state index contributed by atoms with van der Waals surface area (Å²) in [6.45, 7) is 6.36. The summed E-state index contributed by atoms with van der Waals surface area (Å²) < 4.78 is 0. The molecule has 1 aliphatic heterocycles. The van der Waals surface area contributed by atoms with E-state index in [0.29, 0.717) is 29.5 Å². The first-order valence-corrected chi connectivity index (χ1v) is 10.1. The molecule has 30 heavy (non-hydrogen) atoms. The summed E-state index contributed by atoms with van der Waals surface area (Å²) in [5.74, 6) is 1.13. The topological polar surface area (TPSA) is 124 Å². The maximum atomic E-state index is 10.1. The van der Waals surface area contributed by atoms with Crippen molar-refractivity contribution in [3.8, 4) is 11.8 Å². The summed E-state index contributed by atoms with van der Waals surface area (Å²) in [6, 6.07) is 9.35. The number of rotatable bonds is 4. The summed E-state index contributed by atoms with van der Waals surface area (Å²) in [6.07, 6.45) is 1.86. The molecule has 1 saturated heterocycles. The van der Waals surface area contributed by atoms with Crippen LogP contribution in [-0.4, -0.2) is 44.1 Å². The minimum atomic E-state index is 0.174. The average Bonchev–Trinajstić information content (AvgIpc) is 2.70. The normalized spacial score (nSPS) is 15.2. The predicted molar refractivity (Wildman–Crippen MR) is 116 cm³/mol. The average molecular weight is 403 g/mol. The number of nitrogens with one attached hydrogen (secondary N) is 1. The molecule has 1 fully saturated rings. The molecule has 1 aliphatic rings. The zero-order chi connectivity index (χ0) is 21.3. The lowest BCUT2D eigenvalue weighted by Crippen LogP contribution is -2.39.